The first-order valence-electron chi connectivity index (χ1n) is 5.47. The van der Waals surface area contributed by atoms with E-state index < -0.39 is 29.2 Å². The number of benzene rings is 1. The van der Waals surface area contributed by atoms with E-state index in [-0.39, 0.29) is 5.52 Å². The van der Waals surface area contributed by atoms with E-state index in [2.05, 4.69) is 4.98 Å². The summed E-state index contributed by atoms with van der Waals surface area (Å²) < 4.78 is 0.686. The van der Waals surface area contributed by atoms with E-state index in [4.69, 9.17) is 5.73 Å². The third-order valence-electron chi connectivity index (χ3n) is 2.56. The van der Waals surface area contributed by atoms with Gasteiger partial charge in [0.25, 0.3) is 0 Å². The number of nitrogens with two attached hydrogens (primary N) is 1. The number of carbonyl (C=O) groups excluding carboxylic acids is 2. The molecule has 0 bridgehead atoms. The number of anilines is 1. The molecule has 0 atom stereocenters. The molecule has 1 aromatic heterocycles. The van der Waals surface area contributed by atoms with Crippen LogP contribution >= 0.6 is 0 Å². The van der Waals surface area contributed by atoms with Gasteiger partial charge in [0.1, 0.15) is 5.78 Å². The van der Waals surface area contributed by atoms with Gasteiger partial charge < -0.3 is 10.7 Å². The van der Waals surface area contributed by atoms with Crippen molar-refractivity contribution in [2.75, 3.05) is 5.73 Å². The highest BCUT2D eigenvalue weighted by atomic mass is 16.2. The normalized spacial score (nSPS) is 10.6. The predicted octanol–water partition coefficient (Wildman–Crippen LogP) is -0.109. The number of nitrogen functional groups attached to an aromatic ring is 1. The number of hydrogen-bond donors (Lipinski definition) is 2. The molecule has 7 nitrogen and oxygen atoms in total. The Morgan fingerprint density at radius 2 is 2.00 bits per heavy atom. The number of aromatic nitrogens is 2. The van der Waals surface area contributed by atoms with Gasteiger partial charge in [0.15, 0.2) is 0 Å². The quantitative estimate of drug-likeness (QED) is 0.444. The molecule has 0 amide bonds. The molecule has 0 radical (unpaired) electrons. The summed E-state index contributed by atoms with van der Waals surface area (Å²) in [5, 5.41) is 0. The van der Waals surface area contributed by atoms with Gasteiger partial charge in [0, 0.05) is 5.69 Å². The first kappa shape index (κ1) is 12.7. The summed E-state index contributed by atoms with van der Waals surface area (Å²) in [5.41, 5.74) is 4.47. The van der Waals surface area contributed by atoms with Crippen LogP contribution in [0.5, 0.6) is 0 Å². The van der Waals surface area contributed by atoms with E-state index in [1.807, 2.05) is 0 Å². The fourth-order valence-corrected chi connectivity index (χ4v) is 1.77. The second-order valence-electron chi connectivity index (χ2n) is 4.14. The Morgan fingerprint density at radius 1 is 1.32 bits per heavy atom. The van der Waals surface area contributed by atoms with Gasteiger partial charge >= 0.3 is 11.1 Å². The first-order chi connectivity index (χ1) is 8.90. The highest BCUT2D eigenvalue weighted by Gasteiger charge is 2.16. The summed E-state index contributed by atoms with van der Waals surface area (Å²) in [6, 6.07) is 4.41. The predicted molar refractivity (Wildman–Crippen MR) is 69.2 cm³/mol. The lowest BCUT2D eigenvalue weighted by Crippen LogP contribution is -2.40. The van der Waals surface area contributed by atoms with Gasteiger partial charge in [-0.15, -0.1) is 0 Å². The summed E-state index contributed by atoms with van der Waals surface area (Å²) in [6.45, 7) is 1.23. The molecule has 0 spiro atoms. The van der Waals surface area contributed by atoms with Gasteiger partial charge in [-0.05, 0) is 25.1 Å². The molecule has 0 aliphatic rings. The van der Waals surface area contributed by atoms with Crippen LogP contribution in [0.2, 0.25) is 0 Å². The van der Waals surface area contributed by atoms with Gasteiger partial charge in [-0.3, -0.25) is 19.2 Å². The molecule has 0 fully saturated rings. The lowest BCUT2D eigenvalue weighted by Gasteiger charge is -2.07. The number of H-pyrrole nitrogens is 1. The number of nitrogens with one attached hydrogen (secondary N) is 1. The number of Topliss-reactive ketones (excluding diaryl/α,β-unsaturated/α-hetero) is 1. The van der Waals surface area contributed by atoms with Crippen LogP contribution in [-0.4, -0.2) is 21.2 Å². The summed E-state index contributed by atoms with van der Waals surface area (Å²) in [4.78, 5) is 48.5. The van der Waals surface area contributed by atoms with Crippen molar-refractivity contribution in [1.82, 2.24) is 9.55 Å². The lowest BCUT2D eigenvalue weighted by atomic mass is 10.2. The molecule has 0 saturated carbocycles. The summed E-state index contributed by atoms with van der Waals surface area (Å²) in [5.74, 6) is -1.14. The highest BCUT2D eigenvalue weighted by molar-refractivity contribution is 6.01. The summed E-state index contributed by atoms with van der Waals surface area (Å²) in [7, 11) is 0. The SMILES string of the molecule is CC(=O)CC(=O)n1c(=O)c(=O)[nH]c2ccc(N)cc21. The van der Waals surface area contributed by atoms with E-state index in [0.717, 1.165) is 0 Å². The number of fused-ring (bicyclic) bond motifs is 1. The fraction of sp³-hybridized carbons (Fsp3) is 0.167. The van der Waals surface area contributed by atoms with Gasteiger partial charge in [-0.1, -0.05) is 0 Å². The van der Waals surface area contributed by atoms with Crippen LogP contribution in [0.3, 0.4) is 0 Å². The monoisotopic (exact) mass is 261 g/mol. The molecule has 1 aromatic carbocycles. The van der Waals surface area contributed by atoms with Crippen molar-refractivity contribution in [3.63, 3.8) is 0 Å². The maximum absolute atomic E-state index is 11.9. The number of aromatic amines is 1. The van der Waals surface area contributed by atoms with E-state index in [1.165, 1.54) is 25.1 Å². The van der Waals surface area contributed by atoms with Crippen LogP contribution in [0.15, 0.2) is 27.8 Å². The minimum absolute atomic E-state index is 0.177. The Bertz CT molecular complexity index is 801. The molecule has 1 heterocycles. The number of carbonyl (C=O) groups is 2. The number of ketones is 1. The molecule has 0 aliphatic heterocycles. The largest absolute Gasteiger partial charge is 0.399 e. The molecule has 3 N–H and O–H groups in total. The van der Waals surface area contributed by atoms with Crippen molar-refractivity contribution < 1.29 is 9.59 Å². The van der Waals surface area contributed by atoms with Crippen molar-refractivity contribution in [3.05, 3.63) is 38.9 Å². The minimum Gasteiger partial charge on any atom is -0.399 e. The van der Waals surface area contributed by atoms with Crippen molar-refractivity contribution in [1.29, 1.82) is 0 Å². The van der Waals surface area contributed by atoms with Gasteiger partial charge in [-0.25, -0.2) is 4.57 Å². The average molecular weight is 261 g/mol. The Hall–Kier alpha value is -2.70. The molecule has 0 unspecified atom stereocenters. The molecule has 0 aliphatic carbocycles. The molecule has 98 valence electrons. The van der Waals surface area contributed by atoms with Crippen molar-refractivity contribution in [2.45, 2.75) is 13.3 Å². The Labute approximate surface area is 106 Å². The fourth-order valence-electron chi connectivity index (χ4n) is 1.77. The smallest absolute Gasteiger partial charge is 0.323 e. The van der Waals surface area contributed by atoms with Crippen LogP contribution in [0.4, 0.5) is 5.69 Å². The van der Waals surface area contributed by atoms with Crippen LogP contribution < -0.4 is 16.9 Å². The highest BCUT2D eigenvalue weighted by Crippen LogP contribution is 2.13. The third-order valence-corrected chi connectivity index (χ3v) is 2.56. The van der Waals surface area contributed by atoms with Crippen molar-refractivity contribution >= 4 is 28.4 Å². The van der Waals surface area contributed by atoms with Crippen molar-refractivity contribution in [3.8, 4) is 0 Å². The zero-order chi connectivity index (χ0) is 14.2. The van der Waals surface area contributed by atoms with E-state index in [0.29, 0.717) is 15.8 Å². The van der Waals surface area contributed by atoms with Gasteiger partial charge in [0.2, 0.25) is 5.91 Å². The zero-order valence-electron chi connectivity index (χ0n) is 10.1. The number of rotatable bonds is 2. The standard InChI is InChI=1S/C12H11N3O4/c1-6(16)4-10(17)15-9-5-7(13)2-3-8(9)14-11(18)12(15)19/h2-3,5H,4,13H2,1H3,(H,14,18). The number of nitrogens with zero attached hydrogens (tertiary/aromatic N) is 1. The van der Waals surface area contributed by atoms with Gasteiger partial charge in [0.05, 0.1) is 17.5 Å². The number of hydrogen-bond acceptors (Lipinski definition) is 5. The molecule has 7 heteroatoms. The maximum Gasteiger partial charge on any atom is 0.323 e. The van der Waals surface area contributed by atoms with E-state index in [9.17, 15) is 19.2 Å². The van der Waals surface area contributed by atoms with E-state index in [1.54, 1.807) is 0 Å². The first-order valence-corrected chi connectivity index (χ1v) is 5.47. The molecule has 19 heavy (non-hydrogen) atoms. The molecule has 0 saturated heterocycles. The molecule has 2 aromatic rings. The summed E-state index contributed by atoms with van der Waals surface area (Å²) >= 11 is 0. The molecule has 2 rings (SSSR count). The van der Waals surface area contributed by atoms with Crippen LogP contribution in [0.1, 0.15) is 18.1 Å². The van der Waals surface area contributed by atoms with Crippen LogP contribution in [0.25, 0.3) is 11.0 Å². The van der Waals surface area contributed by atoms with Gasteiger partial charge in [-0.2, -0.15) is 0 Å². The topological polar surface area (TPSA) is 115 Å². The maximum atomic E-state index is 11.9. The Balaban J connectivity index is 2.83. The van der Waals surface area contributed by atoms with Crippen LogP contribution in [-0.2, 0) is 4.79 Å². The van der Waals surface area contributed by atoms with Crippen LogP contribution in [0, 0.1) is 0 Å². The second-order valence-corrected chi connectivity index (χ2v) is 4.14. The second kappa shape index (κ2) is 4.52. The Kier molecular flexibility index (Phi) is 3.04. The minimum atomic E-state index is -1.02. The lowest BCUT2D eigenvalue weighted by molar-refractivity contribution is -0.116. The van der Waals surface area contributed by atoms with Crippen molar-refractivity contribution in [2.24, 2.45) is 0 Å². The third kappa shape index (κ3) is 2.30. The molecular formula is C12H11N3O4. The molecular weight excluding hydrogens is 250 g/mol. The summed E-state index contributed by atoms with van der Waals surface area (Å²) in [6.07, 6.45) is -0.451. The Morgan fingerprint density at radius 3 is 2.63 bits per heavy atom. The van der Waals surface area contributed by atoms with E-state index >= 15 is 0 Å². The zero-order valence-corrected chi connectivity index (χ0v) is 10.1. The average Bonchev–Trinajstić information content (AvgIpc) is 2.30.